The van der Waals surface area contributed by atoms with E-state index < -0.39 is 0 Å². The molecule has 0 atom stereocenters. The third-order valence-electron chi connectivity index (χ3n) is 2.79. The van der Waals surface area contributed by atoms with Crippen LogP contribution in [0.3, 0.4) is 0 Å². The molecular weight excluding hydrogens is 212 g/mol. The molecule has 0 saturated heterocycles. The van der Waals surface area contributed by atoms with Crippen molar-refractivity contribution in [2.45, 2.75) is 13.3 Å². The van der Waals surface area contributed by atoms with Gasteiger partial charge in [-0.15, -0.1) is 0 Å². The third kappa shape index (κ3) is 2.72. The second-order valence-electron chi connectivity index (χ2n) is 3.93. The summed E-state index contributed by atoms with van der Waals surface area (Å²) >= 11 is 0. The molecule has 0 spiro atoms. The summed E-state index contributed by atoms with van der Waals surface area (Å²) in [5.41, 5.74) is 3.51. The highest BCUT2D eigenvalue weighted by Crippen LogP contribution is 2.22. The van der Waals surface area contributed by atoms with E-state index in [1.807, 2.05) is 36.4 Å². The quantitative estimate of drug-likeness (QED) is 0.749. The molecule has 0 N–H and O–H groups in total. The van der Waals surface area contributed by atoms with Gasteiger partial charge in [-0.3, -0.25) is 4.79 Å². The van der Waals surface area contributed by atoms with Crippen molar-refractivity contribution in [3.8, 4) is 5.75 Å². The molecule has 0 aliphatic carbocycles. The van der Waals surface area contributed by atoms with E-state index >= 15 is 0 Å². The smallest absolute Gasteiger partial charge is 0.298 e. The molecule has 2 aromatic rings. The highest BCUT2D eigenvalue weighted by molar-refractivity contribution is 5.49. The molecule has 0 fully saturated rings. The normalized spacial score (nSPS) is 9.94. The topological polar surface area (TPSA) is 26.3 Å². The Labute approximate surface area is 101 Å². The SMILES string of the molecule is Cc1ccccc1Cc1ccccc1OC=O. The first kappa shape index (κ1) is 11.4. The van der Waals surface area contributed by atoms with E-state index in [9.17, 15) is 4.79 Å². The zero-order valence-electron chi connectivity index (χ0n) is 9.72. The summed E-state index contributed by atoms with van der Waals surface area (Å²) in [6.07, 6.45) is 0.774. The van der Waals surface area contributed by atoms with Crippen molar-refractivity contribution in [3.05, 3.63) is 65.2 Å². The van der Waals surface area contributed by atoms with Crippen LogP contribution < -0.4 is 4.74 Å². The van der Waals surface area contributed by atoms with Gasteiger partial charge in [0.05, 0.1) is 0 Å². The molecule has 0 aromatic heterocycles. The summed E-state index contributed by atoms with van der Waals surface area (Å²) in [5, 5.41) is 0. The highest BCUT2D eigenvalue weighted by atomic mass is 16.5. The summed E-state index contributed by atoms with van der Waals surface area (Å²) in [4.78, 5) is 10.4. The Bertz CT molecular complexity index is 518. The standard InChI is InChI=1S/C15H14O2/c1-12-6-2-3-7-13(12)10-14-8-4-5-9-15(14)17-11-16/h2-9,11H,10H2,1H3. The highest BCUT2D eigenvalue weighted by Gasteiger charge is 2.05. The summed E-state index contributed by atoms with van der Waals surface area (Å²) in [5.74, 6) is 0.630. The van der Waals surface area contributed by atoms with Gasteiger partial charge in [0.15, 0.2) is 0 Å². The van der Waals surface area contributed by atoms with E-state index in [2.05, 4.69) is 19.1 Å². The number of hydrogen-bond donors (Lipinski definition) is 0. The number of para-hydroxylation sites is 1. The fourth-order valence-electron chi connectivity index (χ4n) is 1.83. The number of hydrogen-bond acceptors (Lipinski definition) is 2. The Balaban J connectivity index is 2.30. The Morgan fingerprint density at radius 1 is 1.00 bits per heavy atom. The van der Waals surface area contributed by atoms with Crippen LogP contribution in [0.1, 0.15) is 16.7 Å². The van der Waals surface area contributed by atoms with Crippen molar-refractivity contribution in [2.75, 3.05) is 0 Å². The minimum Gasteiger partial charge on any atom is -0.428 e. The molecule has 17 heavy (non-hydrogen) atoms. The lowest BCUT2D eigenvalue weighted by atomic mass is 10.0. The molecule has 0 radical (unpaired) electrons. The molecule has 0 aliphatic heterocycles. The van der Waals surface area contributed by atoms with Crippen LogP contribution in [0.25, 0.3) is 0 Å². The lowest BCUT2D eigenvalue weighted by Gasteiger charge is -2.09. The zero-order valence-corrected chi connectivity index (χ0v) is 9.72. The van der Waals surface area contributed by atoms with Gasteiger partial charge in [0.1, 0.15) is 5.75 Å². The molecule has 0 amide bonds. The van der Waals surface area contributed by atoms with Gasteiger partial charge in [0.25, 0.3) is 6.47 Å². The van der Waals surface area contributed by atoms with Crippen LogP contribution in [0, 0.1) is 6.92 Å². The third-order valence-corrected chi connectivity index (χ3v) is 2.79. The summed E-state index contributed by atoms with van der Waals surface area (Å²) in [6, 6.07) is 15.8. The molecular formula is C15H14O2. The average Bonchev–Trinajstić information content (AvgIpc) is 2.35. The maximum absolute atomic E-state index is 10.4. The van der Waals surface area contributed by atoms with Crippen molar-refractivity contribution < 1.29 is 9.53 Å². The minimum atomic E-state index is 0.469. The van der Waals surface area contributed by atoms with Gasteiger partial charge in [-0.25, -0.2) is 0 Å². The van der Waals surface area contributed by atoms with Crippen LogP contribution in [-0.2, 0) is 11.2 Å². The van der Waals surface area contributed by atoms with Gasteiger partial charge in [-0.05, 0) is 29.7 Å². The van der Waals surface area contributed by atoms with E-state index in [1.54, 1.807) is 0 Å². The second kappa shape index (κ2) is 5.30. The van der Waals surface area contributed by atoms with Crippen molar-refractivity contribution in [2.24, 2.45) is 0 Å². The predicted molar refractivity (Wildman–Crippen MR) is 67.1 cm³/mol. The maximum atomic E-state index is 10.4. The lowest BCUT2D eigenvalue weighted by Crippen LogP contribution is -1.97. The number of rotatable bonds is 4. The molecule has 2 heteroatoms. The molecule has 0 unspecified atom stereocenters. The molecule has 0 heterocycles. The lowest BCUT2D eigenvalue weighted by molar-refractivity contribution is -0.120. The van der Waals surface area contributed by atoms with Crippen LogP contribution in [0.2, 0.25) is 0 Å². The van der Waals surface area contributed by atoms with Crippen molar-refractivity contribution >= 4 is 6.47 Å². The summed E-state index contributed by atoms with van der Waals surface area (Å²) in [7, 11) is 0. The van der Waals surface area contributed by atoms with Gasteiger partial charge >= 0.3 is 0 Å². The Morgan fingerprint density at radius 3 is 2.35 bits per heavy atom. The monoisotopic (exact) mass is 226 g/mol. The van der Waals surface area contributed by atoms with Gasteiger partial charge in [-0.1, -0.05) is 42.5 Å². The van der Waals surface area contributed by atoms with Gasteiger partial charge in [-0.2, -0.15) is 0 Å². The molecule has 86 valence electrons. The number of aryl methyl sites for hydroxylation is 1. The molecule has 0 aliphatic rings. The van der Waals surface area contributed by atoms with E-state index in [-0.39, 0.29) is 0 Å². The fourth-order valence-corrected chi connectivity index (χ4v) is 1.83. The van der Waals surface area contributed by atoms with E-state index in [0.29, 0.717) is 12.2 Å². The van der Waals surface area contributed by atoms with Crippen molar-refractivity contribution in [3.63, 3.8) is 0 Å². The van der Waals surface area contributed by atoms with E-state index in [1.165, 1.54) is 11.1 Å². The Kier molecular flexibility index (Phi) is 3.55. The van der Waals surface area contributed by atoms with Crippen LogP contribution in [0.15, 0.2) is 48.5 Å². The Morgan fingerprint density at radius 2 is 1.65 bits per heavy atom. The maximum Gasteiger partial charge on any atom is 0.298 e. The summed E-state index contributed by atoms with van der Waals surface area (Å²) in [6.45, 7) is 2.55. The molecule has 2 aromatic carbocycles. The van der Waals surface area contributed by atoms with Crippen LogP contribution in [-0.4, -0.2) is 6.47 Å². The molecule has 0 saturated carbocycles. The first-order valence-corrected chi connectivity index (χ1v) is 5.54. The van der Waals surface area contributed by atoms with Gasteiger partial charge < -0.3 is 4.74 Å². The van der Waals surface area contributed by atoms with Crippen LogP contribution >= 0.6 is 0 Å². The molecule has 2 nitrogen and oxygen atoms in total. The minimum absolute atomic E-state index is 0.469. The van der Waals surface area contributed by atoms with Crippen molar-refractivity contribution in [1.29, 1.82) is 0 Å². The molecule has 0 bridgehead atoms. The zero-order chi connectivity index (χ0) is 12.1. The largest absolute Gasteiger partial charge is 0.428 e. The van der Waals surface area contributed by atoms with Crippen LogP contribution in [0.4, 0.5) is 0 Å². The first-order chi connectivity index (χ1) is 8.31. The van der Waals surface area contributed by atoms with E-state index in [4.69, 9.17) is 4.74 Å². The van der Waals surface area contributed by atoms with E-state index in [0.717, 1.165) is 12.0 Å². The number of benzene rings is 2. The first-order valence-electron chi connectivity index (χ1n) is 5.54. The van der Waals surface area contributed by atoms with Crippen molar-refractivity contribution in [1.82, 2.24) is 0 Å². The number of carbonyl (C=O) groups is 1. The predicted octanol–water partition coefficient (Wildman–Crippen LogP) is 3.12. The fraction of sp³-hybridized carbons (Fsp3) is 0.133. The van der Waals surface area contributed by atoms with Gasteiger partial charge in [0.2, 0.25) is 0 Å². The average molecular weight is 226 g/mol. The Hall–Kier alpha value is -2.09. The van der Waals surface area contributed by atoms with Gasteiger partial charge in [0, 0.05) is 6.42 Å². The molecule has 2 rings (SSSR count). The number of carbonyl (C=O) groups excluding carboxylic acids is 1. The van der Waals surface area contributed by atoms with Crippen LogP contribution in [0.5, 0.6) is 5.75 Å². The second-order valence-corrected chi connectivity index (χ2v) is 3.93. The summed E-state index contributed by atoms with van der Waals surface area (Å²) < 4.78 is 4.97. The number of ether oxygens (including phenoxy) is 1.